The summed E-state index contributed by atoms with van der Waals surface area (Å²) < 4.78 is 6.43. The topological polar surface area (TPSA) is 9.23 Å². The van der Waals surface area contributed by atoms with Crippen molar-refractivity contribution in [2.45, 2.75) is 33.3 Å². The van der Waals surface area contributed by atoms with E-state index in [0.717, 1.165) is 0 Å². The van der Waals surface area contributed by atoms with Gasteiger partial charge in [-0.3, -0.25) is 0 Å². The molecule has 1 nitrogen and oxygen atoms in total. The van der Waals surface area contributed by atoms with Gasteiger partial charge >= 0.3 is 0 Å². The largest absolute Gasteiger partial charge is 0.406 e. The highest BCUT2D eigenvalue weighted by atomic mass is 28.3. The fourth-order valence-corrected chi connectivity index (χ4v) is 4.87. The van der Waals surface area contributed by atoms with Crippen molar-refractivity contribution >= 4 is 19.4 Å². The molecular weight excluding hydrogens is 248 g/mol. The Bertz CT molecular complexity index is 528. The molecule has 2 aromatic carbocycles. The Hall–Kier alpha value is -1.38. The molecule has 19 heavy (non-hydrogen) atoms. The first-order valence-corrected chi connectivity index (χ1v) is 8.38. The molecule has 0 saturated heterocycles. The van der Waals surface area contributed by atoms with E-state index >= 15 is 0 Å². The first kappa shape index (κ1) is 14.0. The van der Waals surface area contributed by atoms with Gasteiger partial charge < -0.3 is 4.43 Å². The van der Waals surface area contributed by atoms with E-state index in [2.05, 4.69) is 82.3 Å². The summed E-state index contributed by atoms with van der Waals surface area (Å²) in [6.07, 6.45) is 0. The van der Waals surface area contributed by atoms with Crippen LogP contribution in [0.5, 0.6) is 0 Å². The van der Waals surface area contributed by atoms with Crippen molar-refractivity contribution in [3.8, 4) is 0 Å². The van der Waals surface area contributed by atoms with Crippen LogP contribution in [0.4, 0.5) is 0 Å². The van der Waals surface area contributed by atoms with Gasteiger partial charge in [-0.05, 0) is 43.6 Å². The fourth-order valence-electron chi connectivity index (χ4n) is 2.17. The molecule has 0 fully saturated rings. The molecule has 1 atom stereocenters. The SMILES string of the molecule is Cc1ccccc1[SiH](OC(C)(C)C)c1ccccc1. The van der Waals surface area contributed by atoms with Crippen molar-refractivity contribution in [3.05, 3.63) is 60.2 Å². The third-order valence-electron chi connectivity index (χ3n) is 3.04. The number of hydrogen-bond acceptors (Lipinski definition) is 1. The smallest absolute Gasteiger partial charge is 0.240 e. The molecular formula is C17H22OSi. The highest BCUT2D eigenvalue weighted by Crippen LogP contribution is 2.10. The van der Waals surface area contributed by atoms with Crippen LogP contribution in [0.15, 0.2) is 54.6 Å². The van der Waals surface area contributed by atoms with Crippen LogP contribution in [-0.4, -0.2) is 14.6 Å². The quantitative estimate of drug-likeness (QED) is 0.779. The average Bonchev–Trinajstić information content (AvgIpc) is 2.37. The molecule has 0 bridgehead atoms. The maximum absolute atomic E-state index is 6.43. The molecule has 0 N–H and O–H groups in total. The van der Waals surface area contributed by atoms with Gasteiger partial charge in [-0.25, -0.2) is 0 Å². The Kier molecular flexibility index (Phi) is 4.23. The minimum atomic E-state index is -1.61. The molecule has 0 aliphatic carbocycles. The molecule has 0 radical (unpaired) electrons. The third kappa shape index (κ3) is 3.79. The summed E-state index contributed by atoms with van der Waals surface area (Å²) in [6, 6.07) is 19.2. The van der Waals surface area contributed by atoms with Crippen LogP contribution in [0.2, 0.25) is 0 Å². The summed E-state index contributed by atoms with van der Waals surface area (Å²) in [5.41, 5.74) is 1.21. The lowest BCUT2D eigenvalue weighted by Crippen LogP contribution is -2.50. The Morgan fingerprint density at radius 2 is 1.42 bits per heavy atom. The van der Waals surface area contributed by atoms with E-state index in [0.29, 0.717) is 0 Å². The van der Waals surface area contributed by atoms with Crippen molar-refractivity contribution < 1.29 is 4.43 Å². The van der Waals surface area contributed by atoms with Crippen molar-refractivity contribution in [3.63, 3.8) is 0 Å². The molecule has 0 aromatic heterocycles. The van der Waals surface area contributed by atoms with Crippen LogP contribution in [-0.2, 0) is 4.43 Å². The molecule has 0 saturated carbocycles. The van der Waals surface area contributed by atoms with E-state index in [-0.39, 0.29) is 5.60 Å². The van der Waals surface area contributed by atoms with Crippen molar-refractivity contribution in [2.24, 2.45) is 0 Å². The molecule has 0 heterocycles. The molecule has 100 valence electrons. The maximum atomic E-state index is 6.43. The van der Waals surface area contributed by atoms with Gasteiger partial charge in [0.15, 0.2) is 0 Å². The van der Waals surface area contributed by atoms with Crippen LogP contribution < -0.4 is 10.4 Å². The Labute approximate surface area is 118 Å². The second-order valence-corrected chi connectivity index (χ2v) is 8.16. The molecule has 1 unspecified atom stereocenters. The van der Waals surface area contributed by atoms with E-state index in [1.807, 2.05) is 0 Å². The van der Waals surface area contributed by atoms with E-state index in [4.69, 9.17) is 4.43 Å². The maximum Gasteiger partial charge on any atom is 0.240 e. The second-order valence-electron chi connectivity index (χ2n) is 5.88. The molecule has 2 heteroatoms. The number of rotatable bonds is 3. The van der Waals surface area contributed by atoms with Gasteiger partial charge in [-0.2, -0.15) is 0 Å². The van der Waals surface area contributed by atoms with Gasteiger partial charge in [0.2, 0.25) is 9.04 Å². The van der Waals surface area contributed by atoms with Crippen molar-refractivity contribution in [2.75, 3.05) is 0 Å². The molecule has 0 aliphatic rings. The lowest BCUT2D eigenvalue weighted by molar-refractivity contribution is 0.136. The summed E-state index contributed by atoms with van der Waals surface area (Å²) in [5, 5.41) is 2.72. The lowest BCUT2D eigenvalue weighted by Gasteiger charge is -2.28. The van der Waals surface area contributed by atoms with Gasteiger partial charge in [0, 0.05) is 5.60 Å². The Morgan fingerprint density at radius 1 is 0.842 bits per heavy atom. The fraction of sp³-hybridized carbons (Fsp3) is 0.294. The number of aryl methyl sites for hydroxylation is 1. The lowest BCUT2D eigenvalue weighted by atomic mass is 10.2. The van der Waals surface area contributed by atoms with Gasteiger partial charge in [-0.15, -0.1) is 0 Å². The summed E-state index contributed by atoms with van der Waals surface area (Å²) in [4.78, 5) is 0. The summed E-state index contributed by atoms with van der Waals surface area (Å²) in [7, 11) is -1.61. The van der Waals surface area contributed by atoms with Crippen LogP contribution in [0.1, 0.15) is 26.3 Å². The van der Waals surface area contributed by atoms with Crippen molar-refractivity contribution in [1.82, 2.24) is 0 Å². The van der Waals surface area contributed by atoms with Crippen LogP contribution in [0.3, 0.4) is 0 Å². The van der Waals surface area contributed by atoms with E-state index in [1.54, 1.807) is 0 Å². The Balaban J connectivity index is 2.44. The first-order valence-electron chi connectivity index (χ1n) is 6.76. The molecule has 2 rings (SSSR count). The highest BCUT2D eigenvalue weighted by Gasteiger charge is 2.25. The van der Waals surface area contributed by atoms with E-state index < -0.39 is 9.04 Å². The highest BCUT2D eigenvalue weighted by molar-refractivity contribution is 6.80. The monoisotopic (exact) mass is 270 g/mol. The Morgan fingerprint density at radius 3 is 2.00 bits per heavy atom. The molecule has 0 spiro atoms. The normalized spacial score (nSPS) is 13.3. The van der Waals surface area contributed by atoms with Crippen LogP contribution >= 0.6 is 0 Å². The minimum absolute atomic E-state index is 0.116. The zero-order valence-electron chi connectivity index (χ0n) is 12.2. The van der Waals surface area contributed by atoms with Gasteiger partial charge in [-0.1, -0.05) is 54.6 Å². The van der Waals surface area contributed by atoms with Crippen molar-refractivity contribution in [1.29, 1.82) is 0 Å². The standard InChI is InChI=1S/C17H22OSi/c1-14-10-8-9-13-16(14)19(18-17(2,3)4)15-11-6-5-7-12-15/h5-13,19H,1-4H3. The third-order valence-corrected chi connectivity index (χ3v) is 6.19. The van der Waals surface area contributed by atoms with Crippen LogP contribution in [0, 0.1) is 6.92 Å². The zero-order chi connectivity index (χ0) is 13.9. The zero-order valence-corrected chi connectivity index (χ0v) is 13.3. The summed E-state index contributed by atoms with van der Waals surface area (Å²) in [5.74, 6) is 0. The summed E-state index contributed by atoms with van der Waals surface area (Å²) >= 11 is 0. The molecule has 0 amide bonds. The minimum Gasteiger partial charge on any atom is -0.406 e. The van der Waals surface area contributed by atoms with Gasteiger partial charge in [0.05, 0.1) is 0 Å². The number of benzene rings is 2. The van der Waals surface area contributed by atoms with Gasteiger partial charge in [0.1, 0.15) is 0 Å². The van der Waals surface area contributed by atoms with E-state index in [1.165, 1.54) is 15.9 Å². The predicted octanol–water partition coefficient (Wildman–Crippen LogP) is 2.65. The second kappa shape index (κ2) is 5.72. The van der Waals surface area contributed by atoms with E-state index in [9.17, 15) is 0 Å². The summed E-state index contributed by atoms with van der Waals surface area (Å²) in [6.45, 7) is 8.57. The van der Waals surface area contributed by atoms with Crippen LogP contribution in [0.25, 0.3) is 0 Å². The molecule has 0 aliphatic heterocycles. The number of hydrogen-bond donors (Lipinski definition) is 0. The molecule has 2 aromatic rings. The average molecular weight is 270 g/mol. The predicted molar refractivity (Wildman–Crippen MR) is 84.9 cm³/mol. The first-order chi connectivity index (χ1) is 8.97. The van der Waals surface area contributed by atoms with Gasteiger partial charge in [0.25, 0.3) is 0 Å².